The maximum atomic E-state index is 6.13. The zero-order valence-corrected chi connectivity index (χ0v) is 20.6. The Morgan fingerprint density at radius 3 is 2.47 bits per heavy atom. The summed E-state index contributed by atoms with van der Waals surface area (Å²) in [6.45, 7) is 2.07. The lowest BCUT2D eigenvalue weighted by molar-refractivity contribution is 0.280. The highest BCUT2D eigenvalue weighted by atomic mass is 35.5. The van der Waals surface area contributed by atoms with Crippen LogP contribution in [0.15, 0.2) is 84.0 Å². The molecular weight excluding hydrogens is 470 g/mol. The Balaban J connectivity index is 0.00000324. The normalized spacial score (nSPS) is 10.5. The van der Waals surface area contributed by atoms with Crippen LogP contribution in [0.5, 0.6) is 11.5 Å². The summed E-state index contributed by atoms with van der Waals surface area (Å²) in [6.07, 6.45) is 0.983. The lowest BCUT2D eigenvalue weighted by Crippen LogP contribution is -2.16. The number of halogens is 1. The second-order valence-electron chi connectivity index (χ2n) is 7.31. The highest BCUT2D eigenvalue weighted by Crippen LogP contribution is 2.31. The van der Waals surface area contributed by atoms with E-state index in [0.29, 0.717) is 13.2 Å². The van der Waals surface area contributed by atoms with Gasteiger partial charge in [-0.2, -0.15) is 4.68 Å². The number of thioether (sulfide) groups is 1. The number of para-hydroxylation sites is 2. The Hall–Kier alpha value is -3.07. The molecule has 0 saturated carbocycles. The zero-order valence-electron chi connectivity index (χ0n) is 19.0. The third-order valence-electron chi connectivity index (χ3n) is 4.99. The third kappa shape index (κ3) is 6.96. The van der Waals surface area contributed by atoms with Gasteiger partial charge in [0.25, 0.3) is 0 Å². The smallest absolute Gasteiger partial charge is 0.214 e. The number of methoxy groups -OCH3 is 1. The van der Waals surface area contributed by atoms with Crippen LogP contribution in [0.25, 0.3) is 5.69 Å². The van der Waals surface area contributed by atoms with Gasteiger partial charge in [0, 0.05) is 17.9 Å². The summed E-state index contributed by atoms with van der Waals surface area (Å²) in [6, 6.07) is 26.0. The minimum atomic E-state index is 0. The Morgan fingerprint density at radius 1 is 0.941 bits per heavy atom. The van der Waals surface area contributed by atoms with E-state index in [0.717, 1.165) is 52.2 Å². The van der Waals surface area contributed by atoms with Crippen LogP contribution in [0.4, 0.5) is 0 Å². The van der Waals surface area contributed by atoms with E-state index in [1.165, 1.54) is 0 Å². The van der Waals surface area contributed by atoms with E-state index in [2.05, 4.69) is 39.0 Å². The minimum Gasteiger partial charge on any atom is -0.493 e. The number of benzene rings is 3. The molecule has 34 heavy (non-hydrogen) atoms. The monoisotopic (exact) mass is 497 g/mol. The highest BCUT2D eigenvalue weighted by Gasteiger charge is 2.11. The van der Waals surface area contributed by atoms with Gasteiger partial charge in [-0.25, -0.2) is 0 Å². The number of nitrogens with zero attached hydrogens (tertiary/aromatic N) is 4. The highest BCUT2D eigenvalue weighted by molar-refractivity contribution is 7.99. The first-order chi connectivity index (χ1) is 16.3. The second kappa shape index (κ2) is 13.6. The fourth-order valence-electron chi connectivity index (χ4n) is 3.34. The summed E-state index contributed by atoms with van der Waals surface area (Å²) in [7, 11) is 1.67. The van der Waals surface area contributed by atoms with Crippen LogP contribution >= 0.6 is 24.2 Å². The van der Waals surface area contributed by atoms with E-state index in [-0.39, 0.29) is 12.4 Å². The van der Waals surface area contributed by atoms with Crippen LogP contribution in [0, 0.1) is 0 Å². The average molecular weight is 498 g/mol. The van der Waals surface area contributed by atoms with E-state index >= 15 is 0 Å². The van der Waals surface area contributed by atoms with E-state index in [4.69, 9.17) is 9.47 Å². The molecule has 4 rings (SSSR count). The molecule has 0 aliphatic heterocycles. The lowest BCUT2D eigenvalue weighted by Gasteiger charge is -2.15. The van der Waals surface area contributed by atoms with Crippen molar-refractivity contribution in [1.29, 1.82) is 0 Å². The molecule has 0 unspecified atom stereocenters. The molecule has 0 bridgehead atoms. The number of nitrogens with one attached hydrogen (secondary N) is 1. The lowest BCUT2D eigenvalue weighted by atomic mass is 10.1. The standard InChI is InChI=1S/C25H27N5O2S.ClH/c1-31-23-15-8-12-21(24(23)32-19-20-10-4-2-5-11-20)18-26-16-9-17-33-25-27-28-29-30(25)22-13-6-3-7-14-22;/h2-8,10-15,26H,9,16-19H2,1H3;1H. The van der Waals surface area contributed by atoms with Crippen LogP contribution < -0.4 is 14.8 Å². The molecule has 0 saturated heterocycles. The molecule has 0 aliphatic carbocycles. The van der Waals surface area contributed by atoms with Crippen molar-refractivity contribution in [3.63, 3.8) is 0 Å². The van der Waals surface area contributed by atoms with Crippen LogP contribution in [0.1, 0.15) is 17.5 Å². The average Bonchev–Trinajstić information content (AvgIpc) is 3.34. The van der Waals surface area contributed by atoms with Crippen molar-refractivity contribution in [2.75, 3.05) is 19.4 Å². The Bertz CT molecular complexity index is 1130. The van der Waals surface area contributed by atoms with Gasteiger partial charge in [0.05, 0.1) is 12.8 Å². The molecule has 3 aromatic carbocycles. The van der Waals surface area contributed by atoms with Crippen molar-refractivity contribution in [1.82, 2.24) is 25.5 Å². The summed E-state index contributed by atoms with van der Waals surface area (Å²) >= 11 is 1.65. The maximum Gasteiger partial charge on any atom is 0.214 e. The van der Waals surface area contributed by atoms with Gasteiger partial charge in [0.1, 0.15) is 6.61 Å². The number of hydrogen-bond donors (Lipinski definition) is 1. The first-order valence-corrected chi connectivity index (χ1v) is 11.8. The summed E-state index contributed by atoms with van der Waals surface area (Å²) in [5, 5.41) is 16.4. The van der Waals surface area contributed by atoms with Gasteiger partial charge in [-0.15, -0.1) is 17.5 Å². The van der Waals surface area contributed by atoms with Crippen LogP contribution in [0.2, 0.25) is 0 Å². The van der Waals surface area contributed by atoms with Crippen molar-refractivity contribution in [2.24, 2.45) is 0 Å². The topological polar surface area (TPSA) is 74.1 Å². The molecule has 0 fully saturated rings. The number of aromatic nitrogens is 4. The third-order valence-corrected chi connectivity index (χ3v) is 6.00. The van der Waals surface area contributed by atoms with Crippen LogP contribution in [-0.2, 0) is 13.2 Å². The molecule has 1 heterocycles. The van der Waals surface area contributed by atoms with Gasteiger partial charge in [0.2, 0.25) is 5.16 Å². The summed E-state index contributed by atoms with van der Waals surface area (Å²) < 4.78 is 13.4. The van der Waals surface area contributed by atoms with Gasteiger partial charge in [-0.3, -0.25) is 0 Å². The molecule has 0 aliphatic rings. The van der Waals surface area contributed by atoms with Crippen molar-refractivity contribution in [3.05, 3.63) is 90.0 Å². The predicted molar refractivity (Wildman–Crippen MR) is 137 cm³/mol. The van der Waals surface area contributed by atoms with E-state index in [1.54, 1.807) is 23.6 Å². The van der Waals surface area contributed by atoms with Crippen molar-refractivity contribution in [3.8, 4) is 17.2 Å². The first-order valence-electron chi connectivity index (χ1n) is 10.8. The van der Waals surface area contributed by atoms with Gasteiger partial charge in [0.15, 0.2) is 11.5 Å². The van der Waals surface area contributed by atoms with E-state index in [1.807, 2.05) is 60.7 Å². The SMILES string of the molecule is COc1cccc(CNCCCSc2nnnn2-c2ccccc2)c1OCc1ccccc1.Cl. The molecule has 7 nitrogen and oxygen atoms in total. The quantitative estimate of drug-likeness (QED) is 0.219. The minimum absolute atomic E-state index is 0. The Kier molecular flexibility index (Phi) is 10.2. The first kappa shape index (κ1) is 25.6. The molecule has 1 N–H and O–H groups in total. The fourth-order valence-corrected chi connectivity index (χ4v) is 4.17. The number of ether oxygens (including phenoxy) is 2. The summed E-state index contributed by atoms with van der Waals surface area (Å²) in [4.78, 5) is 0. The molecule has 0 atom stereocenters. The van der Waals surface area contributed by atoms with E-state index in [9.17, 15) is 0 Å². The molecule has 1 aromatic heterocycles. The second-order valence-corrected chi connectivity index (χ2v) is 8.37. The molecule has 4 aromatic rings. The van der Waals surface area contributed by atoms with Gasteiger partial charge >= 0.3 is 0 Å². The van der Waals surface area contributed by atoms with Gasteiger partial charge in [-0.05, 0) is 47.2 Å². The maximum absolute atomic E-state index is 6.13. The molecule has 178 valence electrons. The molecular formula is C25H28ClN5O2S. The van der Waals surface area contributed by atoms with Crippen LogP contribution in [-0.4, -0.2) is 39.6 Å². The van der Waals surface area contributed by atoms with Crippen LogP contribution in [0.3, 0.4) is 0 Å². The number of hydrogen-bond acceptors (Lipinski definition) is 7. The largest absolute Gasteiger partial charge is 0.493 e. The molecule has 0 amide bonds. The zero-order chi connectivity index (χ0) is 22.7. The Morgan fingerprint density at radius 2 is 1.71 bits per heavy atom. The summed E-state index contributed by atoms with van der Waals surface area (Å²) in [5.74, 6) is 2.44. The summed E-state index contributed by atoms with van der Waals surface area (Å²) in [5.41, 5.74) is 3.16. The van der Waals surface area contributed by atoms with E-state index < -0.39 is 0 Å². The van der Waals surface area contributed by atoms with Crippen molar-refractivity contribution >= 4 is 24.2 Å². The molecule has 9 heteroatoms. The van der Waals surface area contributed by atoms with Crippen molar-refractivity contribution in [2.45, 2.75) is 24.7 Å². The van der Waals surface area contributed by atoms with Gasteiger partial charge < -0.3 is 14.8 Å². The fraction of sp³-hybridized carbons (Fsp3) is 0.240. The van der Waals surface area contributed by atoms with Crippen molar-refractivity contribution < 1.29 is 9.47 Å². The number of tetrazole rings is 1. The predicted octanol–water partition coefficient (Wildman–Crippen LogP) is 4.94. The Labute approximate surface area is 210 Å². The van der Waals surface area contributed by atoms with Gasteiger partial charge in [-0.1, -0.05) is 72.4 Å². The number of rotatable bonds is 12. The molecule has 0 spiro atoms. The molecule has 0 radical (unpaired) electrons.